The number of nitrogens with one attached hydrogen (secondary N) is 3. The highest BCUT2D eigenvalue weighted by Gasteiger charge is 2.43. The normalized spacial score (nSPS) is 20.0. The fraction of sp³-hybridized carbons (Fsp3) is 0.478. The second-order valence-corrected chi connectivity index (χ2v) is 16.0. The van der Waals surface area contributed by atoms with Crippen LogP contribution in [-0.4, -0.2) is 110 Å². The largest absolute Gasteiger partial charge is 0.492 e. The van der Waals surface area contributed by atoms with Crippen molar-refractivity contribution in [1.29, 1.82) is 5.26 Å². The molecule has 4 bridgehead atoms. The third-order valence-electron chi connectivity index (χ3n) is 11.3. The Balaban J connectivity index is 1.58. The van der Waals surface area contributed by atoms with Crippen LogP contribution in [0.25, 0.3) is 11.1 Å². The number of nitrogens with two attached hydrogens (primary N) is 3. The van der Waals surface area contributed by atoms with Crippen molar-refractivity contribution < 1.29 is 33.4 Å². The van der Waals surface area contributed by atoms with E-state index in [1.807, 2.05) is 31.2 Å². The minimum absolute atomic E-state index is 0.0217. The minimum atomic E-state index is -1.34. The number of rotatable bonds is 16. The summed E-state index contributed by atoms with van der Waals surface area (Å²) in [6.45, 7) is 6.13. The molecule has 5 atom stereocenters. The van der Waals surface area contributed by atoms with Gasteiger partial charge in [-0.25, -0.2) is 0 Å². The Kier molecular flexibility index (Phi) is 16.8. The van der Waals surface area contributed by atoms with Gasteiger partial charge in [0, 0.05) is 55.8 Å². The molecule has 0 aromatic heterocycles. The number of amides is 5. The number of benzene rings is 3. The van der Waals surface area contributed by atoms with Crippen LogP contribution in [-0.2, 0) is 32.0 Å². The van der Waals surface area contributed by atoms with Crippen molar-refractivity contribution >= 4 is 29.5 Å². The van der Waals surface area contributed by atoms with Gasteiger partial charge in [-0.15, -0.1) is 0 Å². The summed E-state index contributed by atoms with van der Waals surface area (Å²) < 4.78 is 12.2. The van der Waals surface area contributed by atoms with Crippen molar-refractivity contribution in [3.63, 3.8) is 0 Å². The number of unbranched alkanes of at least 4 members (excludes halogenated alkanes) is 3. The molecule has 0 spiro atoms. The van der Waals surface area contributed by atoms with Crippen molar-refractivity contribution in [2.75, 3.05) is 46.4 Å². The predicted octanol–water partition coefficient (Wildman–Crippen LogP) is 2.39. The fourth-order valence-corrected chi connectivity index (χ4v) is 8.05. The van der Waals surface area contributed by atoms with Crippen molar-refractivity contribution in [2.45, 2.75) is 95.9 Å². The van der Waals surface area contributed by atoms with Gasteiger partial charge in [-0.3, -0.25) is 24.0 Å². The highest BCUT2D eigenvalue weighted by Crippen LogP contribution is 2.40. The second-order valence-electron chi connectivity index (χ2n) is 16.0. The van der Waals surface area contributed by atoms with Crippen molar-refractivity contribution in [2.24, 2.45) is 17.2 Å². The van der Waals surface area contributed by atoms with Gasteiger partial charge in [0.2, 0.25) is 23.6 Å². The van der Waals surface area contributed by atoms with Gasteiger partial charge in [-0.1, -0.05) is 50.5 Å². The highest BCUT2D eigenvalue weighted by molar-refractivity contribution is 6.00. The molecule has 0 aliphatic carbocycles. The lowest BCUT2D eigenvalue weighted by Gasteiger charge is -2.34. The number of carbonyl (C=O) groups is 5. The number of likely N-dealkylation sites (N-methyl/N-ethyl adjacent to an activating group) is 1. The van der Waals surface area contributed by atoms with Crippen LogP contribution < -0.4 is 42.6 Å². The van der Waals surface area contributed by atoms with Gasteiger partial charge in [0.05, 0.1) is 6.07 Å². The summed E-state index contributed by atoms with van der Waals surface area (Å²) in [5.74, 6) is -2.01. The third kappa shape index (κ3) is 11.5. The molecule has 5 unspecified atom stereocenters. The molecule has 0 saturated carbocycles. The number of likely N-dealkylation sites (tertiary alicyclic amines) is 1. The zero-order chi connectivity index (χ0) is 44.9. The Morgan fingerprint density at radius 2 is 1.63 bits per heavy atom. The monoisotopic (exact) mass is 851 g/mol. The van der Waals surface area contributed by atoms with E-state index >= 15 is 0 Å². The average Bonchev–Trinajstić information content (AvgIpc) is 3.66. The Bertz CT molecular complexity index is 2140. The molecule has 2 heterocycles. The number of aryl methyl sites for hydroxylation is 2. The topological polar surface area (TPSA) is 248 Å². The molecule has 62 heavy (non-hydrogen) atoms. The maximum Gasteiger partial charge on any atom is 0.254 e. The predicted molar refractivity (Wildman–Crippen MR) is 235 cm³/mol. The number of fused-ring (bicyclic) bond motifs is 5. The van der Waals surface area contributed by atoms with Crippen molar-refractivity contribution in [3.05, 3.63) is 82.4 Å². The molecular formula is C46H61N9O7. The molecule has 1 saturated heterocycles. The first-order valence-corrected chi connectivity index (χ1v) is 21.4. The van der Waals surface area contributed by atoms with Gasteiger partial charge in [-0.2, -0.15) is 5.26 Å². The van der Waals surface area contributed by atoms with E-state index in [0.29, 0.717) is 39.3 Å². The first kappa shape index (κ1) is 47.0. The van der Waals surface area contributed by atoms with E-state index in [1.165, 1.54) is 30.2 Å². The van der Waals surface area contributed by atoms with Gasteiger partial charge in [-0.05, 0) is 85.7 Å². The molecule has 5 amide bonds. The minimum Gasteiger partial charge on any atom is -0.492 e. The van der Waals surface area contributed by atoms with E-state index in [9.17, 15) is 24.0 Å². The van der Waals surface area contributed by atoms with Gasteiger partial charge in [0.15, 0.2) is 0 Å². The van der Waals surface area contributed by atoms with Crippen LogP contribution in [0, 0.1) is 18.3 Å². The Hall–Kier alpha value is -6.02. The molecule has 3 aromatic carbocycles. The number of hydrogen-bond acceptors (Lipinski definition) is 11. The lowest BCUT2D eigenvalue weighted by atomic mass is 9.93. The number of nitriles is 1. The molecule has 2 aliphatic rings. The second kappa shape index (κ2) is 22.2. The summed E-state index contributed by atoms with van der Waals surface area (Å²) in [4.78, 5) is 73.5. The first-order chi connectivity index (χ1) is 29.8. The van der Waals surface area contributed by atoms with E-state index in [-0.39, 0.29) is 58.1 Å². The lowest BCUT2D eigenvalue weighted by molar-refractivity contribution is -0.143. The van der Waals surface area contributed by atoms with E-state index in [0.717, 1.165) is 36.8 Å². The maximum absolute atomic E-state index is 14.8. The number of hydrogen-bond donors (Lipinski definition) is 6. The van der Waals surface area contributed by atoms with Gasteiger partial charge in [0.25, 0.3) is 5.91 Å². The van der Waals surface area contributed by atoms with Crippen molar-refractivity contribution in [3.8, 4) is 28.7 Å². The first-order valence-electron chi connectivity index (χ1n) is 21.4. The summed E-state index contributed by atoms with van der Waals surface area (Å²) in [5, 5.41) is 17.1. The summed E-state index contributed by atoms with van der Waals surface area (Å²) in [6, 6.07) is 12.9. The summed E-state index contributed by atoms with van der Waals surface area (Å²) >= 11 is 0. The quantitative estimate of drug-likeness (QED) is 0.0902. The molecular weight excluding hydrogens is 791 g/mol. The van der Waals surface area contributed by atoms with Crippen LogP contribution in [0.3, 0.4) is 0 Å². The number of carbonyl (C=O) groups excluding carboxylic acids is 5. The molecule has 2 aliphatic heterocycles. The molecule has 332 valence electrons. The van der Waals surface area contributed by atoms with E-state index in [2.05, 4.69) is 22.9 Å². The Morgan fingerprint density at radius 3 is 2.29 bits per heavy atom. The molecule has 3 aromatic rings. The van der Waals surface area contributed by atoms with Crippen LogP contribution in [0.5, 0.6) is 11.5 Å². The average molecular weight is 852 g/mol. The molecule has 1 fully saturated rings. The van der Waals surface area contributed by atoms with Crippen LogP contribution in [0.2, 0.25) is 0 Å². The smallest absolute Gasteiger partial charge is 0.254 e. The maximum atomic E-state index is 14.8. The molecule has 9 N–H and O–H groups in total. The summed E-state index contributed by atoms with van der Waals surface area (Å²) in [7, 11) is 1.48. The molecule has 0 radical (unpaired) electrons. The molecule has 5 rings (SSSR count). The van der Waals surface area contributed by atoms with Crippen LogP contribution in [0.4, 0.5) is 0 Å². The van der Waals surface area contributed by atoms with Gasteiger partial charge < -0.3 is 52.4 Å². The summed E-state index contributed by atoms with van der Waals surface area (Å²) in [6.07, 6.45) is 5.61. The van der Waals surface area contributed by atoms with E-state index in [1.54, 1.807) is 36.4 Å². The number of nitrogens with zero attached hydrogens (tertiary/aromatic N) is 3. The third-order valence-corrected chi connectivity index (χ3v) is 11.3. The highest BCUT2D eigenvalue weighted by atomic mass is 16.5. The van der Waals surface area contributed by atoms with Crippen LogP contribution in [0.1, 0.15) is 84.6 Å². The van der Waals surface area contributed by atoms with Gasteiger partial charge in [0.1, 0.15) is 55.4 Å². The van der Waals surface area contributed by atoms with Crippen LogP contribution in [0.15, 0.2) is 54.6 Å². The van der Waals surface area contributed by atoms with Gasteiger partial charge >= 0.3 is 0 Å². The van der Waals surface area contributed by atoms with E-state index < -0.39 is 53.8 Å². The lowest BCUT2D eigenvalue weighted by Crippen LogP contribution is -2.55. The Labute approximate surface area is 363 Å². The SMILES string of the molecule is CCCCCCc1ccc(C(=O)N2CC(N)CC2C(=O)N(C)C2C(=O)NC(C)C(=O)NC(C(=O)NCC#N)Cc3ccc(OCCN)c(c3)-c3cc2ccc3OCCN)c(C)c1. The van der Waals surface area contributed by atoms with E-state index in [4.69, 9.17) is 31.9 Å². The molecule has 16 heteroatoms. The standard InChI is InChI=1S/C46H61N9O7/c1-5-6-7-8-9-30-10-13-34(28(2)22-30)45(59)55-27-33(50)26-38(55)46(60)54(4)41-32-12-15-40(62-21-18-49)36(25-32)35-23-31(11-14-39(35)61-20-17-48)24-37(43(57)51-19-16-47)53-42(56)29(3)52-44(41)58/h10-15,22-23,25,29,33,37-38,41H,5-9,17-21,24,26-27,48-50H2,1-4H3,(H,51,57)(H,52,58)(H,53,56). The zero-order valence-electron chi connectivity index (χ0n) is 36.2. The van der Waals surface area contributed by atoms with Crippen LogP contribution >= 0.6 is 0 Å². The Morgan fingerprint density at radius 1 is 0.935 bits per heavy atom. The van der Waals surface area contributed by atoms with Crippen molar-refractivity contribution in [1.82, 2.24) is 25.8 Å². The summed E-state index contributed by atoms with van der Waals surface area (Å²) in [5.41, 5.74) is 22.6. The fourth-order valence-electron chi connectivity index (χ4n) is 8.05. The molecule has 16 nitrogen and oxygen atoms in total. The number of ether oxygens (including phenoxy) is 2. The zero-order valence-corrected chi connectivity index (χ0v) is 36.2.